The van der Waals surface area contributed by atoms with E-state index in [2.05, 4.69) is 5.09 Å². The molecule has 0 fully saturated rings. The molecule has 24 heavy (non-hydrogen) atoms. The minimum atomic E-state index is -3.71. The van der Waals surface area contributed by atoms with E-state index in [1.54, 1.807) is 12.1 Å². The maximum Gasteiger partial charge on any atom is 0.409 e. The Morgan fingerprint density at radius 2 is 1.79 bits per heavy atom. The van der Waals surface area contributed by atoms with Crippen LogP contribution in [0, 0.1) is 6.92 Å². The lowest BCUT2D eigenvalue weighted by atomic mass is 10.2. The molecule has 5 nitrogen and oxygen atoms in total. The second-order valence-electron chi connectivity index (χ2n) is 5.33. The van der Waals surface area contributed by atoms with Crippen LogP contribution in [0.5, 0.6) is 5.75 Å². The van der Waals surface area contributed by atoms with E-state index >= 15 is 0 Å². The minimum absolute atomic E-state index is 0.136. The van der Waals surface area contributed by atoms with Crippen LogP contribution < -0.4 is 9.61 Å². The van der Waals surface area contributed by atoms with Gasteiger partial charge in [0.2, 0.25) is 0 Å². The predicted molar refractivity (Wildman–Crippen MR) is 94.1 cm³/mol. The number of nitrogens with one attached hydrogen (secondary N) is 1. The molecule has 7 heteroatoms. The van der Waals surface area contributed by atoms with Crippen LogP contribution in [0.4, 0.5) is 0 Å². The van der Waals surface area contributed by atoms with E-state index in [0.29, 0.717) is 5.75 Å². The lowest BCUT2D eigenvalue weighted by Gasteiger charge is -2.18. The Hall–Kier alpha value is -1.81. The summed E-state index contributed by atoms with van der Waals surface area (Å²) in [6.45, 7) is -0.139. The highest BCUT2D eigenvalue weighted by Crippen LogP contribution is 2.48. The Morgan fingerprint density at radius 3 is 2.42 bits per heavy atom. The van der Waals surface area contributed by atoms with E-state index < -0.39 is 18.9 Å². The molecule has 0 saturated heterocycles. The van der Waals surface area contributed by atoms with E-state index in [1.807, 2.05) is 49.4 Å². The number of benzene rings is 2. The summed E-state index contributed by atoms with van der Waals surface area (Å²) in [6, 6.07) is 15.3. The second-order valence-corrected chi connectivity index (χ2v) is 8.06. The van der Waals surface area contributed by atoms with Gasteiger partial charge in [-0.1, -0.05) is 48.0 Å². The number of rotatable bonds is 7. The van der Waals surface area contributed by atoms with Crippen molar-refractivity contribution in [2.45, 2.75) is 26.5 Å². The van der Waals surface area contributed by atoms with Gasteiger partial charge in [-0.05, 0) is 31.5 Å². The smallest absolute Gasteiger partial charge is 0.409 e. The van der Waals surface area contributed by atoms with Crippen LogP contribution in [-0.2, 0) is 20.7 Å². The van der Waals surface area contributed by atoms with Gasteiger partial charge in [-0.2, -0.15) is 0 Å². The molecule has 2 atom stereocenters. The van der Waals surface area contributed by atoms with Crippen LogP contribution in [-0.4, -0.2) is 12.0 Å². The summed E-state index contributed by atoms with van der Waals surface area (Å²) in [5, 5.41) is 2.48. The Labute approximate surface area is 146 Å². The minimum Gasteiger partial charge on any atom is -0.460 e. The van der Waals surface area contributed by atoms with Gasteiger partial charge in [0.1, 0.15) is 18.4 Å². The fourth-order valence-electron chi connectivity index (χ4n) is 1.90. The summed E-state index contributed by atoms with van der Waals surface area (Å²) in [6.07, 6.45) is 0. The normalized spacial score (nSPS) is 14.5. The topological polar surface area (TPSA) is 64.6 Å². The first kappa shape index (κ1) is 18.5. The highest BCUT2D eigenvalue weighted by Gasteiger charge is 2.28. The quantitative estimate of drug-likeness (QED) is 0.579. The third-order valence-electron chi connectivity index (χ3n) is 3.17. The van der Waals surface area contributed by atoms with Gasteiger partial charge in [0, 0.05) is 11.2 Å². The van der Waals surface area contributed by atoms with Crippen molar-refractivity contribution in [3.8, 4) is 5.75 Å². The molecule has 0 heterocycles. The number of carbonyl (C=O) groups is 1. The van der Waals surface area contributed by atoms with Gasteiger partial charge in [0.25, 0.3) is 0 Å². The predicted octanol–water partition coefficient (Wildman–Crippen LogP) is 4.44. The molecule has 2 aromatic carbocycles. The molecule has 2 aromatic rings. The van der Waals surface area contributed by atoms with Crippen molar-refractivity contribution in [3.05, 3.63) is 65.7 Å². The molecule has 1 unspecified atom stereocenters. The highest BCUT2D eigenvalue weighted by atomic mass is 35.7. The van der Waals surface area contributed by atoms with Gasteiger partial charge in [-0.25, -0.2) is 9.65 Å². The first-order valence-corrected chi connectivity index (χ1v) is 9.93. The van der Waals surface area contributed by atoms with Crippen LogP contribution in [0.15, 0.2) is 54.6 Å². The van der Waals surface area contributed by atoms with Crippen molar-refractivity contribution in [2.24, 2.45) is 0 Å². The summed E-state index contributed by atoms with van der Waals surface area (Å²) < 4.78 is 22.7. The lowest BCUT2D eigenvalue weighted by Crippen LogP contribution is -2.33. The fourth-order valence-corrected chi connectivity index (χ4v) is 3.59. The zero-order chi connectivity index (χ0) is 17.6. The SMILES string of the molecule is Cc1ccc(OP(=O)(Cl)N[C@@H](C)C(=O)OCc2ccccc2)cc1. The molecule has 2 rings (SSSR count). The first-order chi connectivity index (χ1) is 11.4. The van der Waals surface area contributed by atoms with Crippen LogP contribution in [0.25, 0.3) is 0 Å². The number of ether oxygens (including phenoxy) is 1. The van der Waals surface area contributed by atoms with Crippen LogP contribution in [0.1, 0.15) is 18.1 Å². The average molecular weight is 368 g/mol. The molecule has 0 radical (unpaired) electrons. The van der Waals surface area contributed by atoms with Crippen LogP contribution in [0.2, 0.25) is 0 Å². The zero-order valence-corrected chi connectivity index (χ0v) is 15.1. The van der Waals surface area contributed by atoms with E-state index in [1.165, 1.54) is 6.92 Å². The van der Waals surface area contributed by atoms with Crippen molar-refractivity contribution in [1.29, 1.82) is 0 Å². The Morgan fingerprint density at radius 1 is 1.17 bits per heavy atom. The largest absolute Gasteiger partial charge is 0.460 e. The summed E-state index contributed by atoms with van der Waals surface area (Å²) in [4.78, 5) is 12.0. The van der Waals surface area contributed by atoms with E-state index in [-0.39, 0.29) is 6.61 Å². The van der Waals surface area contributed by atoms with Crippen LogP contribution in [0.3, 0.4) is 0 Å². The maximum absolute atomic E-state index is 12.3. The van der Waals surface area contributed by atoms with Crippen molar-refractivity contribution >= 4 is 24.1 Å². The molecule has 0 aromatic heterocycles. The summed E-state index contributed by atoms with van der Waals surface area (Å²) in [5.74, 6) is -0.205. The van der Waals surface area contributed by atoms with Gasteiger partial charge < -0.3 is 9.26 Å². The fraction of sp³-hybridized carbons (Fsp3) is 0.235. The number of aryl methyl sites for hydroxylation is 1. The molecule has 128 valence electrons. The molecular formula is C17H19ClNO4P. The summed E-state index contributed by atoms with van der Waals surface area (Å²) >= 11 is 5.88. The van der Waals surface area contributed by atoms with Crippen molar-refractivity contribution in [2.75, 3.05) is 0 Å². The molecule has 0 spiro atoms. The van der Waals surface area contributed by atoms with E-state index in [9.17, 15) is 9.36 Å². The third-order valence-corrected chi connectivity index (χ3v) is 4.81. The Bertz CT molecular complexity index is 721. The van der Waals surface area contributed by atoms with Crippen molar-refractivity contribution in [1.82, 2.24) is 5.09 Å². The molecule has 0 aliphatic heterocycles. The Kier molecular flexibility index (Phi) is 6.44. The van der Waals surface area contributed by atoms with Gasteiger partial charge in [0.05, 0.1) is 0 Å². The summed E-state index contributed by atoms with van der Waals surface area (Å²) in [7, 11) is 0. The van der Waals surface area contributed by atoms with Gasteiger partial charge >= 0.3 is 12.8 Å². The van der Waals surface area contributed by atoms with Crippen molar-refractivity contribution < 1.29 is 18.6 Å². The molecule has 0 saturated carbocycles. The third kappa shape index (κ3) is 6.00. The van der Waals surface area contributed by atoms with Gasteiger partial charge in [-0.15, -0.1) is 0 Å². The maximum atomic E-state index is 12.3. The lowest BCUT2D eigenvalue weighted by molar-refractivity contribution is -0.146. The first-order valence-electron chi connectivity index (χ1n) is 7.40. The number of hydrogen-bond donors (Lipinski definition) is 1. The molecular weight excluding hydrogens is 349 g/mol. The number of carbonyl (C=O) groups excluding carboxylic acids is 1. The number of esters is 1. The van der Waals surface area contributed by atoms with Gasteiger partial charge in [-0.3, -0.25) is 4.79 Å². The molecule has 0 aliphatic carbocycles. The molecule has 0 aliphatic rings. The van der Waals surface area contributed by atoms with Crippen LogP contribution >= 0.6 is 18.1 Å². The number of hydrogen-bond acceptors (Lipinski definition) is 4. The second kappa shape index (κ2) is 8.34. The molecule has 0 bridgehead atoms. The molecule has 0 amide bonds. The standard InChI is InChI=1S/C17H19ClNO4P/c1-13-8-10-16(11-9-13)23-24(18,21)19-14(2)17(20)22-12-15-6-4-3-5-7-15/h3-11,14H,12H2,1-2H3,(H,19,21)/t14-,24?/m0/s1. The van der Waals surface area contributed by atoms with Crippen molar-refractivity contribution in [3.63, 3.8) is 0 Å². The highest BCUT2D eigenvalue weighted by molar-refractivity contribution is 7.84. The monoisotopic (exact) mass is 367 g/mol. The zero-order valence-electron chi connectivity index (χ0n) is 13.4. The molecule has 1 N–H and O–H groups in total. The summed E-state index contributed by atoms with van der Waals surface area (Å²) in [5.41, 5.74) is 1.90. The van der Waals surface area contributed by atoms with E-state index in [4.69, 9.17) is 20.5 Å². The van der Waals surface area contributed by atoms with Gasteiger partial charge in [0.15, 0.2) is 0 Å². The Balaban J connectivity index is 1.87. The average Bonchev–Trinajstić information content (AvgIpc) is 2.55. The number of halogens is 1. The van der Waals surface area contributed by atoms with E-state index in [0.717, 1.165) is 11.1 Å².